The number of hydrogen-bond donors (Lipinski definition) is 1. The highest BCUT2D eigenvalue weighted by Gasteiger charge is 2.42. The average molecular weight is 407 g/mol. The van der Waals surface area contributed by atoms with Gasteiger partial charge in [0, 0.05) is 43.8 Å². The van der Waals surface area contributed by atoms with E-state index in [-0.39, 0.29) is 41.4 Å². The Hall–Kier alpha value is -1.95. The first-order valence-corrected chi connectivity index (χ1v) is 10.7. The summed E-state index contributed by atoms with van der Waals surface area (Å²) in [4.78, 5) is 39.0. The van der Waals surface area contributed by atoms with Crippen LogP contribution in [0.4, 0.5) is 0 Å². The molecule has 2 rings (SSSR count). The first kappa shape index (κ1) is 25.1. The highest BCUT2D eigenvalue weighted by Crippen LogP contribution is 2.31. The number of aliphatic hydroxyl groups excluding tert-OH is 1. The Morgan fingerprint density at radius 2 is 1.97 bits per heavy atom. The van der Waals surface area contributed by atoms with Crippen LogP contribution in [-0.2, 0) is 14.4 Å². The molecule has 1 fully saturated rings. The van der Waals surface area contributed by atoms with Crippen LogP contribution in [0, 0.1) is 29.6 Å². The highest BCUT2D eigenvalue weighted by molar-refractivity contribution is 5.82. The lowest BCUT2D eigenvalue weighted by atomic mass is 9.92. The minimum absolute atomic E-state index is 0.00836. The number of amides is 2. The van der Waals surface area contributed by atoms with Gasteiger partial charge in [0.1, 0.15) is 12.5 Å². The van der Waals surface area contributed by atoms with Crippen molar-refractivity contribution in [1.82, 2.24) is 9.80 Å². The van der Waals surface area contributed by atoms with E-state index in [0.717, 1.165) is 18.3 Å². The van der Waals surface area contributed by atoms with Crippen molar-refractivity contribution in [2.75, 3.05) is 20.1 Å². The average Bonchev–Trinajstić information content (AvgIpc) is 2.91. The van der Waals surface area contributed by atoms with E-state index in [9.17, 15) is 19.5 Å². The van der Waals surface area contributed by atoms with Gasteiger partial charge >= 0.3 is 0 Å². The van der Waals surface area contributed by atoms with Gasteiger partial charge in [-0.1, -0.05) is 65.3 Å². The number of rotatable bonds is 7. The molecule has 0 saturated carbocycles. The van der Waals surface area contributed by atoms with Gasteiger partial charge < -0.3 is 19.7 Å². The SMILES string of the molecule is CC.CC(C=O)C(C)C(=O)N(C)CC1C=CC=C(CN2C(=O)C(C)C(C)C2O)C1. The molecule has 0 radical (unpaired) electrons. The summed E-state index contributed by atoms with van der Waals surface area (Å²) in [5.74, 6) is -0.765. The minimum Gasteiger partial charge on any atom is -0.373 e. The number of aldehydes is 1. The van der Waals surface area contributed by atoms with E-state index in [2.05, 4.69) is 6.08 Å². The number of nitrogens with zero attached hydrogens (tertiary/aromatic N) is 2. The van der Waals surface area contributed by atoms with Gasteiger partial charge in [0.25, 0.3) is 0 Å². The van der Waals surface area contributed by atoms with E-state index in [1.54, 1.807) is 30.7 Å². The Kier molecular flexibility index (Phi) is 9.77. The van der Waals surface area contributed by atoms with Crippen molar-refractivity contribution < 1.29 is 19.5 Å². The lowest BCUT2D eigenvalue weighted by molar-refractivity contribution is -0.137. The Bertz CT molecular complexity index is 643. The van der Waals surface area contributed by atoms with Gasteiger partial charge in [0.05, 0.1) is 0 Å². The second-order valence-electron chi connectivity index (χ2n) is 8.20. The van der Waals surface area contributed by atoms with E-state index < -0.39 is 6.23 Å². The Morgan fingerprint density at radius 3 is 2.48 bits per heavy atom. The monoisotopic (exact) mass is 406 g/mol. The zero-order valence-corrected chi connectivity index (χ0v) is 19.0. The van der Waals surface area contributed by atoms with Gasteiger partial charge in [-0.3, -0.25) is 9.59 Å². The normalized spacial score (nSPS) is 28.2. The first-order chi connectivity index (χ1) is 13.7. The third-order valence-corrected chi connectivity index (χ3v) is 6.14. The molecule has 0 aromatic rings. The van der Waals surface area contributed by atoms with Crippen molar-refractivity contribution in [3.05, 3.63) is 23.8 Å². The second-order valence-corrected chi connectivity index (χ2v) is 8.20. The van der Waals surface area contributed by atoms with Gasteiger partial charge in [0.2, 0.25) is 11.8 Å². The van der Waals surface area contributed by atoms with Crippen LogP contribution in [0.15, 0.2) is 23.8 Å². The van der Waals surface area contributed by atoms with Crippen LogP contribution in [0.25, 0.3) is 0 Å². The number of carbonyl (C=O) groups is 3. The number of allylic oxidation sites excluding steroid dienone is 2. The fourth-order valence-corrected chi connectivity index (χ4v) is 3.75. The van der Waals surface area contributed by atoms with Crippen molar-refractivity contribution >= 4 is 18.1 Å². The Balaban J connectivity index is 0.00000204. The van der Waals surface area contributed by atoms with Crippen molar-refractivity contribution in [1.29, 1.82) is 0 Å². The van der Waals surface area contributed by atoms with Gasteiger partial charge in [-0.05, 0) is 12.3 Å². The molecule has 6 unspecified atom stereocenters. The van der Waals surface area contributed by atoms with E-state index in [1.165, 1.54) is 0 Å². The van der Waals surface area contributed by atoms with Gasteiger partial charge in [-0.25, -0.2) is 0 Å². The summed E-state index contributed by atoms with van der Waals surface area (Å²) in [6.45, 7) is 12.3. The molecule has 2 amide bonds. The van der Waals surface area contributed by atoms with Crippen LogP contribution < -0.4 is 0 Å². The first-order valence-electron chi connectivity index (χ1n) is 10.7. The zero-order valence-electron chi connectivity index (χ0n) is 19.0. The van der Waals surface area contributed by atoms with Crippen molar-refractivity contribution in [2.45, 2.75) is 54.2 Å². The summed E-state index contributed by atoms with van der Waals surface area (Å²) < 4.78 is 0. The quantitative estimate of drug-likeness (QED) is 0.660. The molecule has 0 aromatic heterocycles. The predicted octanol–water partition coefficient (Wildman–Crippen LogP) is 2.88. The third kappa shape index (κ3) is 6.01. The maximum absolute atomic E-state index is 12.5. The Morgan fingerprint density at radius 1 is 1.34 bits per heavy atom. The van der Waals surface area contributed by atoms with Crippen LogP contribution in [-0.4, -0.2) is 59.4 Å². The van der Waals surface area contributed by atoms with Gasteiger partial charge in [0.15, 0.2) is 0 Å². The van der Waals surface area contributed by atoms with E-state index >= 15 is 0 Å². The van der Waals surface area contributed by atoms with Crippen molar-refractivity contribution in [2.24, 2.45) is 29.6 Å². The molecule has 0 spiro atoms. The van der Waals surface area contributed by atoms with Crippen molar-refractivity contribution in [3.8, 4) is 0 Å². The summed E-state index contributed by atoms with van der Waals surface area (Å²) in [6.07, 6.45) is 6.83. The molecule has 0 aromatic carbocycles. The summed E-state index contributed by atoms with van der Waals surface area (Å²) in [6, 6.07) is 0. The lowest BCUT2D eigenvalue weighted by Gasteiger charge is -2.29. The molecule has 6 nitrogen and oxygen atoms in total. The van der Waals surface area contributed by atoms with Crippen LogP contribution in [0.2, 0.25) is 0 Å². The molecule has 1 aliphatic carbocycles. The van der Waals surface area contributed by atoms with E-state index in [1.807, 2.05) is 39.8 Å². The molecule has 1 saturated heterocycles. The van der Waals surface area contributed by atoms with Crippen LogP contribution in [0.5, 0.6) is 0 Å². The highest BCUT2D eigenvalue weighted by atomic mass is 16.3. The molecule has 29 heavy (non-hydrogen) atoms. The third-order valence-electron chi connectivity index (χ3n) is 6.14. The summed E-state index contributed by atoms with van der Waals surface area (Å²) in [7, 11) is 1.76. The van der Waals surface area contributed by atoms with Crippen LogP contribution >= 0.6 is 0 Å². The minimum atomic E-state index is -0.743. The lowest BCUT2D eigenvalue weighted by Crippen LogP contribution is -2.39. The molecule has 2 aliphatic rings. The largest absolute Gasteiger partial charge is 0.373 e. The second kappa shape index (κ2) is 11.3. The molecule has 6 atom stereocenters. The topological polar surface area (TPSA) is 77.9 Å². The predicted molar refractivity (Wildman–Crippen MR) is 115 cm³/mol. The number of likely N-dealkylation sites (tertiary alicyclic amines) is 1. The molecule has 1 heterocycles. The molecule has 164 valence electrons. The number of aliphatic hydroxyl groups is 1. The zero-order chi connectivity index (χ0) is 22.3. The van der Waals surface area contributed by atoms with Gasteiger partial charge in [-0.15, -0.1) is 0 Å². The molecule has 6 heteroatoms. The summed E-state index contributed by atoms with van der Waals surface area (Å²) in [5.41, 5.74) is 1.08. The summed E-state index contributed by atoms with van der Waals surface area (Å²) in [5, 5.41) is 10.3. The Labute approximate surface area is 175 Å². The maximum Gasteiger partial charge on any atom is 0.228 e. The number of carbonyl (C=O) groups excluding carboxylic acids is 3. The molecule has 1 N–H and O–H groups in total. The van der Waals surface area contributed by atoms with Crippen LogP contribution in [0.1, 0.15) is 48.0 Å². The molecule has 0 bridgehead atoms. The maximum atomic E-state index is 12.5. The molecular weight excluding hydrogens is 368 g/mol. The van der Waals surface area contributed by atoms with Crippen molar-refractivity contribution in [3.63, 3.8) is 0 Å². The standard InChI is InChI=1S/C21H32N2O4.C2H6/c1-13(12-24)14(2)19(25)22(5)10-17-7-6-8-18(9-17)11-23-20(26)15(3)16(4)21(23)27;1-2/h6-8,12-17,20,26H,9-11H2,1-5H3;1-2H3. The van der Waals surface area contributed by atoms with E-state index in [0.29, 0.717) is 13.1 Å². The van der Waals surface area contributed by atoms with Gasteiger partial charge in [-0.2, -0.15) is 0 Å². The molecule has 1 aliphatic heterocycles. The smallest absolute Gasteiger partial charge is 0.228 e. The summed E-state index contributed by atoms with van der Waals surface area (Å²) >= 11 is 0. The fraction of sp³-hybridized carbons (Fsp3) is 0.696. The van der Waals surface area contributed by atoms with Crippen LogP contribution in [0.3, 0.4) is 0 Å². The van der Waals surface area contributed by atoms with E-state index in [4.69, 9.17) is 0 Å². The number of hydrogen-bond acceptors (Lipinski definition) is 4. The fourth-order valence-electron chi connectivity index (χ4n) is 3.75. The molecular formula is C23H38N2O4.